The van der Waals surface area contributed by atoms with Gasteiger partial charge in [0.05, 0.1) is 23.5 Å². The number of anilines is 1. The molecule has 0 amide bonds. The molecule has 5 nitrogen and oxygen atoms in total. The molecule has 0 atom stereocenters. The normalized spacial score (nSPS) is 11.2. The van der Waals surface area contributed by atoms with Crippen molar-refractivity contribution in [2.45, 2.75) is 10.6 Å². The van der Waals surface area contributed by atoms with Gasteiger partial charge in [-0.05, 0) is 24.3 Å². The summed E-state index contributed by atoms with van der Waals surface area (Å²) >= 11 is 0. The lowest BCUT2D eigenvalue weighted by atomic mass is 10.3. The maximum Gasteiger partial charge on any atom is 0.213 e. The highest BCUT2D eigenvalue weighted by Crippen LogP contribution is 2.18. The lowest BCUT2D eigenvalue weighted by molar-refractivity contribution is 0.396. The average molecular weight is 278 g/mol. The minimum absolute atomic E-state index is 0.187. The zero-order valence-electron chi connectivity index (χ0n) is 10.4. The number of ether oxygens (including phenoxy) is 1. The van der Waals surface area contributed by atoms with Gasteiger partial charge in [0.1, 0.15) is 0 Å². The van der Waals surface area contributed by atoms with Crippen molar-refractivity contribution in [1.29, 1.82) is 0 Å². The highest BCUT2D eigenvalue weighted by atomic mass is 32.2. The van der Waals surface area contributed by atoms with E-state index in [9.17, 15) is 8.42 Å². The van der Waals surface area contributed by atoms with Crippen LogP contribution in [0, 0.1) is 0 Å². The standard InChI is InChI=1S/C13H14N2O3S/c1-18-13-7-3-5-11(15-13)9-19(16,17)12-6-2-4-10(14)8-12/h2-8H,9,14H2,1H3. The maximum atomic E-state index is 12.2. The number of benzene rings is 1. The Morgan fingerprint density at radius 3 is 2.63 bits per heavy atom. The SMILES string of the molecule is COc1cccc(CS(=O)(=O)c2cccc(N)c2)n1. The molecule has 19 heavy (non-hydrogen) atoms. The summed E-state index contributed by atoms with van der Waals surface area (Å²) in [6.45, 7) is 0. The molecule has 0 unspecified atom stereocenters. The quantitative estimate of drug-likeness (QED) is 0.860. The maximum absolute atomic E-state index is 12.2. The molecular formula is C13H14N2O3S. The molecule has 0 aliphatic rings. The van der Waals surface area contributed by atoms with E-state index < -0.39 is 9.84 Å². The molecule has 6 heteroatoms. The second kappa shape index (κ2) is 5.27. The molecule has 2 rings (SSSR count). The fourth-order valence-corrected chi connectivity index (χ4v) is 2.96. The number of hydrogen-bond acceptors (Lipinski definition) is 5. The Labute approximate surface area is 112 Å². The molecule has 100 valence electrons. The minimum Gasteiger partial charge on any atom is -0.481 e. The Bertz CT molecular complexity index is 684. The van der Waals surface area contributed by atoms with Gasteiger partial charge < -0.3 is 10.5 Å². The molecule has 1 heterocycles. The van der Waals surface area contributed by atoms with Crippen LogP contribution in [-0.4, -0.2) is 20.5 Å². The van der Waals surface area contributed by atoms with Gasteiger partial charge in [0.15, 0.2) is 9.84 Å². The largest absolute Gasteiger partial charge is 0.481 e. The third kappa shape index (κ3) is 3.23. The van der Waals surface area contributed by atoms with Crippen molar-refractivity contribution in [2.24, 2.45) is 0 Å². The number of aromatic nitrogens is 1. The summed E-state index contributed by atoms with van der Waals surface area (Å²) in [4.78, 5) is 4.28. The van der Waals surface area contributed by atoms with Crippen molar-refractivity contribution in [3.63, 3.8) is 0 Å². The van der Waals surface area contributed by atoms with E-state index in [1.165, 1.54) is 19.2 Å². The van der Waals surface area contributed by atoms with E-state index in [2.05, 4.69) is 4.98 Å². The molecule has 2 N–H and O–H groups in total. The predicted octanol–water partition coefficient (Wildman–Crippen LogP) is 1.65. The van der Waals surface area contributed by atoms with Crippen LogP contribution in [-0.2, 0) is 15.6 Å². The summed E-state index contributed by atoms with van der Waals surface area (Å²) < 4.78 is 29.4. The van der Waals surface area contributed by atoms with Crippen LogP contribution >= 0.6 is 0 Å². The minimum atomic E-state index is -3.46. The molecule has 0 spiro atoms. The molecule has 1 aromatic carbocycles. The highest BCUT2D eigenvalue weighted by molar-refractivity contribution is 7.90. The number of nitrogens with two attached hydrogens (primary N) is 1. The Kier molecular flexibility index (Phi) is 3.71. The topological polar surface area (TPSA) is 82.3 Å². The summed E-state index contributed by atoms with van der Waals surface area (Å²) in [6, 6.07) is 11.2. The molecule has 2 aromatic rings. The fraction of sp³-hybridized carbons (Fsp3) is 0.154. The number of methoxy groups -OCH3 is 1. The van der Waals surface area contributed by atoms with E-state index in [-0.39, 0.29) is 10.6 Å². The van der Waals surface area contributed by atoms with Crippen LogP contribution in [0.4, 0.5) is 5.69 Å². The first-order valence-electron chi connectivity index (χ1n) is 5.59. The van der Waals surface area contributed by atoms with Gasteiger partial charge >= 0.3 is 0 Å². The average Bonchev–Trinajstić information content (AvgIpc) is 2.38. The van der Waals surface area contributed by atoms with Crippen LogP contribution < -0.4 is 10.5 Å². The third-order valence-electron chi connectivity index (χ3n) is 2.55. The second-order valence-corrected chi connectivity index (χ2v) is 5.99. The molecule has 0 aliphatic heterocycles. The Morgan fingerprint density at radius 2 is 1.95 bits per heavy atom. The van der Waals surface area contributed by atoms with E-state index in [0.717, 1.165) is 0 Å². The predicted molar refractivity (Wildman–Crippen MR) is 72.5 cm³/mol. The first-order chi connectivity index (χ1) is 9.01. The molecule has 0 aliphatic carbocycles. The van der Waals surface area contributed by atoms with Crippen LogP contribution in [0.1, 0.15) is 5.69 Å². The van der Waals surface area contributed by atoms with E-state index in [0.29, 0.717) is 17.3 Å². The van der Waals surface area contributed by atoms with E-state index in [1.54, 1.807) is 30.3 Å². The monoisotopic (exact) mass is 278 g/mol. The van der Waals surface area contributed by atoms with E-state index in [4.69, 9.17) is 10.5 Å². The Hall–Kier alpha value is -2.08. The van der Waals surface area contributed by atoms with Crippen LogP contribution in [0.3, 0.4) is 0 Å². The van der Waals surface area contributed by atoms with Crippen molar-refractivity contribution in [3.05, 3.63) is 48.2 Å². The van der Waals surface area contributed by atoms with Crippen LogP contribution in [0.5, 0.6) is 5.88 Å². The van der Waals surface area contributed by atoms with Crippen molar-refractivity contribution >= 4 is 15.5 Å². The zero-order chi connectivity index (χ0) is 13.9. The Morgan fingerprint density at radius 1 is 1.21 bits per heavy atom. The lowest BCUT2D eigenvalue weighted by Crippen LogP contribution is -2.07. The van der Waals surface area contributed by atoms with Gasteiger partial charge in [-0.1, -0.05) is 12.1 Å². The van der Waals surface area contributed by atoms with Crippen molar-refractivity contribution < 1.29 is 13.2 Å². The van der Waals surface area contributed by atoms with Gasteiger partial charge in [-0.15, -0.1) is 0 Å². The number of pyridine rings is 1. The number of nitrogens with zero attached hydrogens (tertiary/aromatic N) is 1. The van der Waals surface area contributed by atoms with Gasteiger partial charge in [0.2, 0.25) is 5.88 Å². The van der Waals surface area contributed by atoms with E-state index >= 15 is 0 Å². The molecule has 0 bridgehead atoms. The molecule has 0 saturated carbocycles. The fourth-order valence-electron chi connectivity index (χ4n) is 1.64. The van der Waals surface area contributed by atoms with Gasteiger partial charge in [0, 0.05) is 11.8 Å². The van der Waals surface area contributed by atoms with Crippen LogP contribution in [0.15, 0.2) is 47.4 Å². The van der Waals surface area contributed by atoms with Crippen molar-refractivity contribution in [3.8, 4) is 5.88 Å². The lowest BCUT2D eigenvalue weighted by Gasteiger charge is -2.06. The molecular weight excluding hydrogens is 264 g/mol. The molecule has 1 aromatic heterocycles. The van der Waals surface area contributed by atoms with Gasteiger partial charge in [-0.25, -0.2) is 13.4 Å². The van der Waals surface area contributed by atoms with Crippen LogP contribution in [0.25, 0.3) is 0 Å². The zero-order valence-corrected chi connectivity index (χ0v) is 11.2. The summed E-state index contributed by atoms with van der Waals surface area (Å²) in [7, 11) is -1.97. The van der Waals surface area contributed by atoms with Crippen molar-refractivity contribution in [1.82, 2.24) is 4.98 Å². The smallest absolute Gasteiger partial charge is 0.213 e. The summed E-state index contributed by atoms with van der Waals surface area (Å²) in [5.74, 6) is 0.202. The third-order valence-corrected chi connectivity index (χ3v) is 4.19. The number of sulfone groups is 1. The highest BCUT2D eigenvalue weighted by Gasteiger charge is 2.16. The Balaban J connectivity index is 2.31. The first kappa shape index (κ1) is 13.4. The first-order valence-corrected chi connectivity index (χ1v) is 7.25. The molecule has 0 radical (unpaired) electrons. The van der Waals surface area contributed by atoms with Crippen LogP contribution in [0.2, 0.25) is 0 Å². The second-order valence-electron chi connectivity index (χ2n) is 4.00. The summed E-state index contributed by atoms with van der Waals surface area (Å²) in [6.07, 6.45) is 0. The summed E-state index contributed by atoms with van der Waals surface area (Å²) in [5.41, 5.74) is 6.44. The van der Waals surface area contributed by atoms with Gasteiger partial charge in [-0.3, -0.25) is 0 Å². The van der Waals surface area contributed by atoms with Gasteiger partial charge in [-0.2, -0.15) is 0 Å². The molecule has 0 fully saturated rings. The summed E-state index contributed by atoms with van der Waals surface area (Å²) in [5, 5.41) is 0. The number of nitrogen functional groups attached to an aromatic ring is 1. The van der Waals surface area contributed by atoms with Gasteiger partial charge in [0.25, 0.3) is 0 Å². The van der Waals surface area contributed by atoms with E-state index in [1.807, 2.05) is 0 Å². The molecule has 0 saturated heterocycles. The van der Waals surface area contributed by atoms with Crippen molar-refractivity contribution in [2.75, 3.05) is 12.8 Å². The number of rotatable bonds is 4. The number of hydrogen-bond donors (Lipinski definition) is 1.